The molecule has 0 amide bonds. The first-order valence-electron chi connectivity index (χ1n) is 5.75. The molecule has 0 saturated heterocycles. The van der Waals surface area contributed by atoms with Gasteiger partial charge in [-0.2, -0.15) is 0 Å². The molecule has 0 saturated carbocycles. The van der Waals surface area contributed by atoms with Crippen LogP contribution in [-0.2, 0) is 4.74 Å². The summed E-state index contributed by atoms with van der Waals surface area (Å²) in [6.07, 6.45) is 0.915. The fourth-order valence-corrected chi connectivity index (χ4v) is 1.37. The van der Waals surface area contributed by atoms with Gasteiger partial charge in [-0.1, -0.05) is 6.92 Å². The maximum absolute atomic E-state index is 7.79. The van der Waals surface area contributed by atoms with Crippen molar-refractivity contribution in [1.82, 2.24) is 0 Å². The quantitative estimate of drug-likeness (QED) is 0.639. The van der Waals surface area contributed by atoms with E-state index in [0.29, 0.717) is 30.3 Å². The van der Waals surface area contributed by atoms with Crippen LogP contribution in [0.25, 0.3) is 0 Å². The van der Waals surface area contributed by atoms with E-state index in [4.69, 9.17) is 19.6 Å². The van der Waals surface area contributed by atoms with Gasteiger partial charge in [-0.25, -0.2) is 0 Å². The zero-order chi connectivity index (χ0) is 12.7. The number of hydrogen-bond acceptors (Lipinski definition) is 4. The lowest BCUT2D eigenvalue weighted by molar-refractivity contribution is 0.304. The second kappa shape index (κ2) is 8.64. The lowest BCUT2D eigenvalue weighted by atomic mass is 10.2. The molecule has 0 aromatic heterocycles. The summed E-state index contributed by atoms with van der Waals surface area (Å²) in [6.45, 7) is 4.97. The number of nitrogens with one attached hydrogen (secondary N) is 1. The Kier molecular flexibility index (Phi) is 7.96. The van der Waals surface area contributed by atoms with Crippen LogP contribution in [0.4, 0.5) is 0 Å². The van der Waals surface area contributed by atoms with Gasteiger partial charge in [0.25, 0.3) is 0 Å². The van der Waals surface area contributed by atoms with Crippen LogP contribution in [0.2, 0.25) is 0 Å². The Balaban J connectivity index is 0.00000289. The van der Waals surface area contributed by atoms with Gasteiger partial charge in [0, 0.05) is 6.07 Å². The van der Waals surface area contributed by atoms with E-state index in [1.54, 1.807) is 25.3 Å². The first-order chi connectivity index (χ1) is 8.22. The summed E-state index contributed by atoms with van der Waals surface area (Å²) in [5, 5.41) is 7.79. The van der Waals surface area contributed by atoms with E-state index in [2.05, 4.69) is 0 Å². The van der Waals surface area contributed by atoms with Crippen molar-refractivity contribution >= 4 is 18.3 Å². The highest BCUT2D eigenvalue weighted by molar-refractivity contribution is 5.94. The molecule has 102 valence electrons. The highest BCUT2D eigenvalue weighted by Crippen LogP contribution is 2.25. The molecular weight excluding hydrogens is 254 g/mol. The molecule has 0 aliphatic rings. The van der Waals surface area contributed by atoms with Crippen LogP contribution >= 0.6 is 12.4 Å². The van der Waals surface area contributed by atoms with Crippen LogP contribution in [0.15, 0.2) is 18.2 Å². The average molecular weight is 274 g/mol. The van der Waals surface area contributed by atoms with Crippen LogP contribution in [0.1, 0.15) is 25.8 Å². The molecule has 0 unspecified atom stereocenters. The Morgan fingerprint density at radius 2 is 2.00 bits per heavy atom. The van der Waals surface area contributed by atoms with E-state index in [1.165, 1.54) is 0 Å². The summed E-state index contributed by atoms with van der Waals surface area (Å²) in [5.74, 6) is 1.47. The van der Waals surface area contributed by atoms with Crippen molar-refractivity contribution in [2.45, 2.75) is 20.3 Å². The van der Waals surface area contributed by atoms with E-state index in [9.17, 15) is 0 Å². The van der Waals surface area contributed by atoms with Crippen LogP contribution in [0, 0.1) is 5.41 Å². The number of ether oxygens (including phenoxy) is 3. The van der Waals surface area contributed by atoms with E-state index in [0.717, 1.165) is 6.42 Å². The van der Waals surface area contributed by atoms with Crippen molar-refractivity contribution in [3.8, 4) is 11.5 Å². The average Bonchev–Trinajstić information content (AvgIpc) is 2.36. The van der Waals surface area contributed by atoms with Gasteiger partial charge in [-0.15, -0.1) is 12.4 Å². The third-order valence-electron chi connectivity index (χ3n) is 2.18. The predicted molar refractivity (Wildman–Crippen MR) is 74.5 cm³/mol. The maximum atomic E-state index is 7.79. The largest absolute Gasteiger partial charge is 0.497 e. The van der Waals surface area contributed by atoms with E-state index < -0.39 is 0 Å². The molecule has 0 bridgehead atoms. The molecule has 1 aromatic rings. The molecule has 0 atom stereocenters. The summed E-state index contributed by atoms with van der Waals surface area (Å²) in [6, 6.07) is 5.35. The smallest absolute Gasteiger partial charge is 0.217 e. The molecule has 0 spiro atoms. The molecule has 4 nitrogen and oxygen atoms in total. The first-order valence-corrected chi connectivity index (χ1v) is 5.75. The lowest BCUT2D eigenvalue weighted by Gasteiger charge is -2.13. The Hall–Kier alpha value is -1.42. The van der Waals surface area contributed by atoms with Gasteiger partial charge >= 0.3 is 0 Å². The molecule has 1 N–H and O–H groups in total. The Labute approximate surface area is 114 Å². The number of rotatable bonds is 6. The van der Waals surface area contributed by atoms with Gasteiger partial charge in [0.05, 0.1) is 25.9 Å². The molecule has 1 rings (SSSR count). The van der Waals surface area contributed by atoms with Crippen molar-refractivity contribution in [1.29, 1.82) is 5.41 Å². The fourth-order valence-electron chi connectivity index (χ4n) is 1.37. The molecule has 5 heteroatoms. The van der Waals surface area contributed by atoms with Crippen molar-refractivity contribution in [2.24, 2.45) is 0 Å². The molecular formula is C13H20ClNO3. The van der Waals surface area contributed by atoms with Gasteiger partial charge in [-0.05, 0) is 25.5 Å². The summed E-state index contributed by atoms with van der Waals surface area (Å²) >= 11 is 0. The number of benzene rings is 1. The van der Waals surface area contributed by atoms with Crippen LogP contribution < -0.4 is 9.47 Å². The zero-order valence-corrected chi connectivity index (χ0v) is 11.8. The predicted octanol–water partition coefficient (Wildman–Crippen LogP) is 3.27. The molecule has 0 radical (unpaired) electrons. The van der Waals surface area contributed by atoms with Crippen molar-refractivity contribution in [3.05, 3.63) is 23.8 Å². The number of halogens is 1. The molecule has 0 aliphatic heterocycles. The number of methoxy groups -OCH3 is 1. The molecule has 0 fully saturated rings. The van der Waals surface area contributed by atoms with Gasteiger partial charge < -0.3 is 14.2 Å². The Bertz CT molecular complexity index is 382. The van der Waals surface area contributed by atoms with Crippen molar-refractivity contribution < 1.29 is 14.2 Å². The summed E-state index contributed by atoms with van der Waals surface area (Å²) in [7, 11) is 1.60. The fraction of sp³-hybridized carbons (Fsp3) is 0.462. The molecule has 1 aromatic carbocycles. The summed E-state index contributed by atoms with van der Waals surface area (Å²) in [5.41, 5.74) is 0.654. The Morgan fingerprint density at radius 3 is 2.56 bits per heavy atom. The van der Waals surface area contributed by atoms with Crippen molar-refractivity contribution in [3.63, 3.8) is 0 Å². The second-order valence-electron chi connectivity index (χ2n) is 3.47. The van der Waals surface area contributed by atoms with Crippen LogP contribution in [0.3, 0.4) is 0 Å². The molecule has 0 heterocycles. The van der Waals surface area contributed by atoms with E-state index >= 15 is 0 Å². The highest BCUT2D eigenvalue weighted by Gasteiger charge is 2.11. The SMILES string of the molecule is CCCOc1cc(OC)ccc1C(=N)OCC.Cl. The third kappa shape index (κ3) is 4.45. The Morgan fingerprint density at radius 1 is 1.28 bits per heavy atom. The monoisotopic (exact) mass is 273 g/mol. The van der Waals surface area contributed by atoms with Gasteiger partial charge in [-0.3, -0.25) is 5.41 Å². The second-order valence-corrected chi connectivity index (χ2v) is 3.47. The van der Waals surface area contributed by atoms with E-state index in [-0.39, 0.29) is 18.3 Å². The summed E-state index contributed by atoms with van der Waals surface area (Å²) < 4.78 is 15.9. The normalized spacial score (nSPS) is 9.28. The summed E-state index contributed by atoms with van der Waals surface area (Å²) in [4.78, 5) is 0. The standard InChI is InChI=1S/C13H19NO3.ClH/c1-4-8-17-12-9-10(15-3)6-7-11(12)13(14)16-5-2;/h6-7,9,14H,4-5,8H2,1-3H3;1H. The molecule has 18 heavy (non-hydrogen) atoms. The minimum atomic E-state index is 0. The lowest BCUT2D eigenvalue weighted by Crippen LogP contribution is -2.08. The van der Waals surface area contributed by atoms with Crippen LogP contribution in [0.5, 0.6) is 11.5 Å². The maximum Gasteiger partial charge on any atom is 0.217 e. The minimum absolute atomic E-state index is 0. The van der Waals surface area contributed by atoms with Gasteiger partial charge in [0.15, 0.2) is 0 Å². The molecule has 0 aliphatic carbocycles. The zero-order valence-electron chi connectivity index (χ0n) is 11.0. The van der Waals surface area contributed by atoms with Gasteiger partial charge in [0.1, 0.15) is 11.5 Å². The highest BCUT2D eigenvalue weighted by atomic mass is 35.5. The first kappa shape index (κ1) is 16.6. The van der Waals surface area contributed by atoms with Crippen molar-refractivity contribution in [2.75, 3.05) is 20.3 Å². The topological polar surface area (TPSA) is 51.5 Å². The van der Waals surface area contributed by atoms with Crippen LogP contribution in [-0.4, -0.2) is 26.2 Å². The minimum Gasteiger partial charge on any atom is -0.497 e. The third-order valence-corrected chi connectivity index (χ3v) is 2.18. The number of hydrogen-bond donors (Lipinski definition) is 1. The van der Waals surface area contributed by atoms with E-state index in [1.807, 2.05) is 13.8 Å². The van der Waals surface area contributed by atoms with Gasteiger partial charge in [0.2, 0.25) is 5.90 Å².